The molecule has 538 valence electrons. The van der Waals surface area contributed by atoms with Gasteiger partial charge in [-0.25, -0.2) is 9.78 Å². The predicted molar refractivity (Wildman–Crippen MR) is 334 cm³/mol. The van der Waals surface area contributed by atoms with Crippen LogP contribution in [0, 0.1) is 0 Å². The molecular weight excluding hydrogens is 1350 g/mol. The summed E-state index contributed by atoms with van der Waals surface area (Å²) >= 11 is 0. The van der Waals surface area contributed by atoms with E-state index in [9.17, 15) is 71.9 Å². The maximum Gasteiger partial charge on any atom is 0.422 e. The molecule has 2 N–H and O–H groups in total. The molecule has 3 atom stereocenters. The Bertz CT molecular complexity index is 3770. The molecule has 100 heavy (non-hydrogen) atoms. The minimum absolute atomic E-state index is 0.0135. The second-order valence-electron chi connectivity index (χ2n) is 23.9. The molecule has 0 radical (unpaired) electrons. The number of hydrogen-bond donors (Lipinski definition) is 2. The van der Waals surface area contributed by atoms with Gasteiger partial charge >= 0.3 is 30.8 Å². The van der Waals surface area contributed by atoms with Crippen molar-refractivity contribution in [3.05, 3.63) is 160 Å². The highest BCUT2D eigenvalue weighted by molar-refractivity contribution is 5.99. The number of carbonyl (C=O) groups excluding carboxylic acids is 4. The molecule has 0 bridgehead atoms. The molecule has 3 saturated heterocycles. The average Bonchev–Trinajstić information content (AvgIpc) is 0.804. The molecule has 1 aromatic heterocycles. The van der Waals surface area contributed by atoms with Gasteiger partial charge in [0.05, 0.1) is 56.2 Å². The van der Waals surface area contributed by atoms with Gasteiger partial charge in [-0.2, -0.15) is 52.7 Å². The number of hydrogen-bond acceptors (Lipinski definition) is 16. The first-order valence-corrected chi connectivity index (χ1v) is 32.2. The molecule has 19 nitrogen and oxygen atoms in total. The summed E-state index contributed by atoms with van der Waals surface area (Å²) in [6, 6.07) is 30.5. The highest BCUT2D eigenvalue weighted by Crippen LogP contribution is 2.42. The number of aryl methyl sites for hydroxylation is 1. The van der Waals surface area contributed by atoms with Crippen LogP contribution in [0.5, 0.6) is 46.1 Å². The fourth-order valence-electron chi connectivity index (χ4n) is 12.1. The van der Waals surface area contributed by atoms with Gasteiger partial charge in [0.15, 0.2) is 19.0 Å². The van der Waals surface area contributed by atoms with Crippen LogP contribution in [0.25, 0.3) is 0 Å². The van der Waals surface area contributed by atoms with E-state index in [0.29, 0.717) is 118 Å². The first-order chi connectivity index (χ1) is 47.7. The Balaban J connectivity index is 0.000000146. The second-order valence-corrected chi connectivity index (χ2v) is 23.9. The number of alkyl halides is 12. The number of piperazine rings is 3. The highest BCUT2D eigenvalue weighted by atomic mass is 19.4. The van der Waals surface area contributed by atoms with E-state index in [1.165, 1.54) is 23.1 Å². The Morgan fingerprint density at radius 2 is 1.10 bits per heavy atom. The van der Waals surface area contributed by atoms with Gasteiger partial charge in [0.2, 0.25) is 17.7 Å². The minimum atomic E-state index is -4.44. The molecule has 5 aromatic carbocycles. The Morgan fingerprint density at radius 1 is 0.540 bits per heavy atom. The smallest absolute Gasteiger partial charge is 0.422 e. The van der Waals surface area contributed by atoms with Crippen molar-refractivity contribution in [1.82, 2.24) is 35.2 Å². The van der Waals surface area contributed by atoms with E-state index in [-0.39, 0.29) is 72.7 Å². The molecule has 0 saturated carbocycles. The number of Topliss-reactive ketones (excluding diaryl/α,β-unsaturated/α-hetero) is 1. The normalized spacial score (nSPS) is 19.2. The molecule has 3 fully saturated rings. The largest absolute Gasteiger partial charge is 0.493 e. The first-order valence-electron chi connectivity index (χ1n) is 32.2. The van der Waals surface area contributed by atoms with Gasteiger partial charge in [-0.1, -0.05) is 48.5 Å². The highest BCUT2D eigenvalue weighted by Gasteiger charge is 2.38. The van der Waals surface area contributed by atoms with Crippen molar-refractivity contribution in [3.63, 3.8) is 0 Å². The predicted octanol–water partition coefficient (Wildman–Crippen LogP) is 12.6. The lowest BCUT2D eigenvalue weighted by Gasteiger charge is -2.40. The Labute approximate surface area is 566 Å². The summed E-state index contributed by atoms with van der Waals surface area (Å²) in [6.07, 6.45) is -15.7. The van der Waals surface area contributed by atoms with Gasteiger partial charge in [-0.15, -0.1) is 0 Å². The summed E-state index contributed by atoms with van der Waals surface area (Å²) in [5.41, 5.74) is 3.66. The Morgan fingerprint density at radius 3 is 1.68 bits per heavy atom. The second kappa shape index (κ2) is 32.8. The lowest BCUT2D eigenvalue weighted by Crippen LogP contribution is -2.53. The molecule has 7 aliphatic heterocycles. The fourth-order valence-corrected chi connectivity index (χ4v) is 12.1. The van der Waals surface area contributed by atoms with E-state index in [4.69, 9.17) is 37.9 Å². The molecule has 6 aromatic rings. The molecule has 0 spiro atoms. The van der Waals surface area contributed by atoms with Crippen molar-refractivity contribution < 1.29 is 110 Å². The van der Waals surface area contributed by atoms with Crippen LogP contribution >= 0.6 is 0 Å². The van der Waals surface area contributed by atoms with Crippen molar-refractivity contribution in [1.29, 1.82) is 0 Å². The molecular formula is C69H71F12N7O12. The van der Waals surface area contributed by atoms with Crippen LogP contribution in [0.3, 0.4) is 0 Å². The number of aromatic nitrogens is 1. The zero-order chi connectivity index (χ0) is 71.2. The molecule has 0 aliphatic carbocycles. The van der Waals surface area contributed by atoms with Crippen molar-refractivity contribution >= 4 is 23.7 Å². The Kier molecular flexibility index (Phi) is 24.1. The zero-order valence-electron chi connectivity index (χ0n) is 53.7. The van der Waals surface area contributed by atoms with Crippen molar-refractivity contribution in [3.8, 4) is 46.1 Å². The van der Waals surface area contributed by atoms with Crippen LogP contribution in [-0.2, 0) is 33.5 Å². The van der Waals surface area contributed by atoms with E-state index in [1.807, 2.05) is 36.4 Å². The van der Waals surface area contributed by atoms with Crippen LogP contribution in [0.4, 0.5) is 57.5 Å². The summed E-state index contributed by atoms with van der Waals surface area (Å²) < 4.78 is 191. The van der Waals surface area contributed by atoms with Gasteiger partial charge in [-0.05, 0) is 60.0 Å². The number of fused-ring (bicyclic) bond motifs is 4. The number of halogens is 12. The van der Waals surface area contributed by atoms with E-state index in [0.717, 1.165) is 73.5 Å². The van der Waals surface area contributed by atoms with Crippen LogP contribution < -0.4 is 43.8 Å². The Hall–Kier alpha value is -9.23. The maximum absolute atomic E-state index is 12.9. The van der Waals surface area contributed by atoms with Crippen molar-refractivity contribution in [2.75, 3.05) is 105 Å². The summed E-state index contributed by atoms with van der Waals surface area (Å²) in [7, 11) is 0. The monoisotopic (exact) mass is 1420 g/mol. The average molecular weight is 1420 g/mol. The molecule has 13 rings (SSSR count). The molecule has 31 heteroatoms. The lowest BCUT2D eigenvalue weighted by molar-refractivity contribution is -0.154. The minimum Gasteiger partial charge on any atom is -0.493 e. The number of rotatable bonds is 13. The maximum atomic E-state index is 12.9. The zero-order valence-corrected chi connectivity index (χ0v) is 53.7. The SMILES string of the molecule is FC(F)(F)COc1ccc2c(c1)OCCC2N1CCNCC1.O=C(OCc1ccccc1)N1CCN(C2CCOc3cc(CCC(F)(F)F)ccc32)C(=O)C1.O=C1CCOc2cc(Oc3ccc(C(F)(F)F)cn3)ccc21.O=C1CNCCN1C1CCOc2cc(OCC(F)(F)F)ccc21. The van der Waals surface area contributed by atoms with E-state index < -0.39 is 56.0 Å². The summed E-state index contributed by atoms with van der Waals surface area (Å²) in [6.45, 7) is 5.27. The number of ketones is 1. The molecule has 3 unspecified atom stereocenters. The number of nitrogens with zero attached hydrogens (tertiary/aromatic N) is 5. The number of nitrogens with one attached hydrogen (secondary N) is 2. The molecule has 8 heterocycles. The summed E-state index contributed by atoms with van der Waals surface area (Å²) in [4.78, 5) is 59.9. The van der Waals surface area contributed by atoms with E-state index in [2.05, 4.69) is 20.5 Å². The van der Waals surface area contributed by atoms with Gasteiger partial charge in [-0.3, -0.25) is 24.2 Å². The number of ether oxygens (including phenoxy) is 8. The molecule has 7 aliphatic rings. The quantitative estimate of drug-likeness (QED) is 0.104. The number of amides is 3. The van der Waals surface area contributed by atoms with Gasteiger partial charge in [0.25, 0.3) is 0 Å². The van der Waals surface area contributed by atoms with Crippen LogP contribution in [0.15, 0.2) is 121 Å². The number of pyridine rings is 1. The summed E-state index contributed by atoms with van der Waals surface area (Å²) in [5, 5.41) is 6.34. The third-order valence-electron chi connectivity index (χ3n) is 16.9. The topological polar surface area (TPSA) is 192 Å². The standard InChI is InChI=1S/C24H25F3N2O4.C15H17F3N2O3.C15H19F3N2O2.C15H10F3NO3/c25-24(26,27)10-8-17-6-7-19-20(9-13-32-21(19)14-17)29-12-11-28(15-22(29)30)23(31)33-16-18-4-2-1-3-5-18;16-15(17,18)9-23-10-1-2-11-12(3-6-22-13(11)7-10)20-5-4-19-8-14(20)21;16-15(17,18)10-22-11-1-2-12-13(3-8-21-14(12)9-11)20-6-4-19-5-7-20;16-15(17,18)9-1-4-14(19-8-9)22-10-2-3-11-12(20)5-6-21-13(11)7-10/h1-7,14,20H,8-13,15-16H2;1-2,7,12,19H,3-6,8-9H2;1-2,9,13,19H,3-8,10H2;1-4,7-8H,5-6H2. The lowest BCUT2D eigenvalue weighted by atomic mass is 9.95. The van der Waals surface area contributed by atoms with Crippen molar-refractivity contribution in [2.45, 2.75) is 88.0 Å². The van der Waals surface area contributed by atoms with Crippen LogP contribution in [0.1, 0.15) is 94.0 Å². The first kappa shape index (κ1) is 73.5. The van der Waals surface area contributed by atoms with Crippen LogP contribution in [0.2, 0.25) is 0 Å². The summed E-state index contributed by atoms with van der Waals surface area (Å²) in [5.74, 6) is 2.50. The van der Waals surface area contributed by atoms with E-state index in [1.54, 1.807) is 58.3 Å². The number of benzene rings is 5. The van der Waals surface area contributed by atoms with Gasteiger partial charge in [0.1, 0.15) is 53.4 Å². The third-order valence-corrected chi connectivity index (χ3v) is 16.9. The molecule has 3 amide bonds. The van der Waals surface area contributed by atoms with E-state index >= 15 is 0 Å². The van der Waals surface area contributed by atoms with Crippen LogP contribution in [-0.4, -0.2) is 172 Å². The fraction of sp³-hybridized carbons (Fsp3) is 0.435. The number of carbonyl (C=O) groups is 4. The van der Waals surface area contributed by atoms with Crippen molar-refractivity contribution in [2.24, 2.45) is 0 Å². The third kappa shape index (κ3) is 20.7. The van der Waals surface area contributed by atoms with Gasteiger partial charge < -0.3 is 58.3 Å². The van der Waals surface area contributed by atoms with Gasteiger partial charge in [0, 0.05) is 138 Å².